The number of fused-ring (bicyclic) bond motifs is 1. The fourth-order valence-corrected chi connectivity index (χ4v) is 3.04. The first-order valence-corrected chi connectivity index (χ1v) is 5.52. The van der Waals surface area contributed by atoms with Gasteiger partial charge in [-0.3, -0.25) is 4.90 Å². The molecule has 0 spiro atoms. The number of benzene rings is 1. The maximum atomic E-state index is 13.7. The lowest BCUT2D eigenvalue weighted by atomic mass is 10.0. The van der Waals surface area contributed by atoms with Crippen LogP contribution in [0, 0.1) is 17.6 Å². The van der Waals surface area contributed by atoms with E-state index in [1.54, 1.807) is 0 Å². The van der Waals surface area contributed by atoms with E-state index in [0.29, 0.717) is 13.0 Å². The zero-order chi connectivity index (χ0) is 12.2. The van der Waals surface area contributed by atoms with E-state index in [2.05, 4.69) is 0 Å². The Kier molecular flexibility index (Phi) is 1.97. The Morgan fingerprint density at radius 3 is 2.88 bits per heavy atom. The molecule has 1 saturated carbocycles. The number of nitrogens with zero attached hydrogens (tertiary/aromatic N) is 1. The average Bonchev–Trinajstić information content (AvgIpc) is 2.88. The van der Waals surface area contributed by atoms with Crippen molar-refractivity contribution in [3.8, 4) is 0 Å². The molecule has 2 unspecified atom stereocenters. The van der Waals surface area contributed by atoms with Crippen molar-refractivity contribution in [1.82, 2.24) is 4.90 Å². The number of hydrogen-bond acceptors (Lipinski definition) is 1. The van der Waals surface area contributed by atoms with Crippen LogP contribution in [-0.2, 0) is 5.54 Å². The molecule has 2 fully saturated rings. The van der Waals surface area contributed by atoms with Crippen LogP contribution in [0.1, 0.15) is 18.4 Å². The number of rotatable bonds is 1. The first-order chi connectivity index (χ1) is 8.05. The van der Waals surface area contributed by atoms with Gasteiger partial charge in [0.25, 0.3) is 0 Å². The molecular weight excluding hydrogens is 228 g/mol. The van der Waals surface area contributed by atoms with Crippen molar-refractivity contribution in [1.29, 1.82) is 0 Å². The molecule has 0 aromatic heterocycles. The number of amides is 1. The fourth-order valence-electron chi connectivity index (χ4n) is 3.04. The van der Waals surface area contributed by atoms with Crippen LogP contribution in [0.5, 0.6) is 0 Å². The smallest absolute Gasteiger partial charge is 0.408 e. The highest BCUT2D eigenvalue weighted by molar-refractivity contribution is 5.69. The molecule has 2 aliphatic rings. The summed E-state index contributed by atoms with van der Waals surface area (Å²) in [6, 6.07) is 3.23. The largest absolute Gasteiger partial charge is 0.465 e. The summed E-state index contributed by atoms with van der Waals surface area (Å²) in [5.41, 5.74) is -0.625. The van der Waals surface area contributed by atoms with Crippen LogP contribution in [0.15, 0.2) is 18.2 Å². The highest BCUT2D eigenvalue weighted by Gasteiger charge is 2.65. The van der Waals surface area contributed by atoms with Crippen LogP contribution in [0.3, 0.4) is 0 Å². The predicted octanol–water partition coefficient (Wildman–Crippen LogP) is 2.56. The summed E-state index contributed by atoms with van der Waals surface area (Å²) >= 11 is 0. The van der Waals surface area contributed by atoms with Gasteiger partial charge in [0.1, 0.15) is 11.6 Å². The van der Waals surface area contributed by atoms with Crippen LogP contribution in [0.4, 0.5) is 13.6 Å². The highest BCUT2D eigenvalue weighted by atomic mass is 19.1. The summed E-state index contributed by atoms with van der Waals surface area (Å²) < 4.78 is 26.9. The van der Waals surface area contributed by atoms with Gasteiger partial charge in [0.05, 0.1) is 5.54 Å². The number of hydrogen-bond donors (Lipinski definition) is 1. The topological polar surface area (TPSA) is 40.5 Å². The van der Waals surface area contributed by atoms with Gasteiger partial charge in [0, 0.05) is 12.1 Å². The molecule has 1 aromatic carbocycles. The first kappa shape index (κ1) is 10.5. The van der Waals surface area contributed by atoms with Gasteiger partial charge in [-0.2, -0.15) is 0 Å². The van der Waals surface area contributed by atoms with Crippen molar-refractivity contribution in [2.75, 3.05) is 6.54 Å². The number of likely N-dealkylation sites (tertiary alicyclic amines) is 1. The summed E-state index contributed by atoms with van der Waals surface area (Å²) in [5, 5.41) is 9.11. The summed E-state index contributed by atoms with van der Waals surface area (Å²) in [4.78, 5) is 12.4. The summed E-state index contributed by atoms with van der Waals surface area (Å²) in [5.74, 6) is -0.921. The van der Waals surface area contributed by atoms with Crippen molar-refractivity contribution < 1.29 is 18.7 Å². The van der Waals surface area contributed by atoms with E-state index in [1.807, 2.05) is 0 Å². The minimum atomic E-state index is -1.06. The first-order valence-electron chi connectivity index (χ1n) is 5.52. The summed E-state index contributed by atoms with van der Waals surface area (Å²) in [7, 11) is 0. The lowest BCUT2D eigenvalue weighted by Gasteiger charge is -2.26. The Labute approximate surface area is 96.7 Å². The van der Waals surface area contributed by atoms with Crippen LogP contribution >= 0.6 is 0 Å². The van der Waals surface area contributed by atoms with Crippen molar-refractivity contribution in [2.24, 2.45) is 5.92 Å². The lowest BCUT2D eigenvalue weighted by Crippen LogP contribution is -2.37. The van der Waals surface area contributed by atoms with E-state index >= 15 is 0 Å². The number of halogens is 2. The van der Waals surface area contributed by atoms with Crippen molar-refractivity contribution in [3.63, 3.8) is 0 Å². The molecule has 1 N–H and O–H groups in total. The predicted molar refractivity (Wildman–Crippen MR) is 55.5 cm³/mol. The zero-order valence-corrected chi connectivity index (χ0v) is 8.99. The Morgan fingerprint density at radius 1 is 1.47 bits per heavy atom. The van der Waals surface area contributed by atoms with E-state index in [0.717, 1.165) is 24.6 Å². The van der Waals surface area contributed by atoms with Gasteiger partial charge in [-0.15, -0.1) is 0 Å². The van der Waals surface area contributed by atoms with E-state index in [4.69, 9.17) is 5.11 Å². The molecule has 17 heavy (non-hydrogen) atoms. The normalized spacial score (nSPS) is 30.2. The monoisotopic (exact) mass is 239 g/mol. The van der Waals surface area contributed by atoms with E-state index in [1.165, 1.54) is 4.90 Å². The zero-order valence-electron chi connectivity index (χ0n) is 8.99. The van der Waals surface area contributed by atoms with Gasteiger partial charge in [-0.25, -0.2) is 13.6 Å². The summed E-state index contributed by atoms with van der Waals surface area (Å²) in [6.07, 6.45) is 0.260. The van der Waals surface area contributed by atoms with Gasteiger partial charge < -0.3 is 5.11 Å². The van der Waals surface area contributed by atoms with Gasteiger partial charge in [-0.1, -0.05) is 0 Å². The summed E-state index contributed by atoms with van der Waals surface area (Å²) in [6.45, 7) is 0.399. The molecule has 1 heterocycles. The standard InChI is InChI=1S/C12H11F2NO2/c13-8-1-2-10(14)9(5-8)12-6-7(12)3-4-15(12)11(16)17/h1-2,5,7H,3-4,6H2,(H,16,17). The quantitative estimate of drug-likeness (QED) is 0.818. The molecular formula is C12H11F2NO2. The third-order valence-corrected chi connectivity index (χ3v) is 3.88. The Morgan fingerprint density at radius 2 is 2.24 bits per heavy atom. The van der Waals surface area contributed by atoms with Gasteiger partial charge in [0.2, 0.25) is 0 Å². The molecule has 1 aliphatic carbocycles. The number of carbonyl (C=O) groups is 1. The number of carboxylic acid groups (broad SMARTS) is 1. The number of piperidine rings is 1. The second kappa shape index (κ2) is 3.18. The van der Waals surface area contributed by atoms with Crippen molar-refractivity contribution in [2.45, 2.75) is 18.4 Å². The van der Waals surface area contributed by atoms with E-state index in [-0.39, 0.29) is 11.5 Å². The Hall–Kier alpha value is -1.65. The lowest BCUT2D eigenvalue weighted by molar-refractivity contribution is 0.126. The molecule has 1 saturated heterocycles. The second-order valence-corrected chi connectivity index (χ2v) is 4.67. The maximum absolute atomic E-state index is 13.7. The van der Waals surface area contributed by atoms with Crippen molar-refractivity contribution in [3.05, 3.63) is 35.4 Å². The molecule has 3 nitrogen and oxygen atoms in total. The maximum Gasteiger partial charge on any atom is 0.408 e. The van der Waals surface area contributed by atoms with Gasteiger partial charge in [0.15, 0.2) is 0 Å². The third kappa shape index (κ3) is 1.28. The van der Waals surface area contributed by atoms with Crippen LogP contribution in [0.2, 0.25) is 0 Å². The van der Waals surface area contributed by atoms with Crippen LogP contribution in [0.25, 0.3) is 0 Å². The molecule has 1 amide bonds. The Balaban J connectivity index is 2.09. The SMILES string of the molecule is O=C(O)N1CCC2CC21c1cc(F)ccc1F. The molecule has 3 rings (SSSR count). The highest BCUT2D eigenvalue weighted by Crippen LogP contribution is 2.62. The molecule has 2 atom stereocenters. The molecule has 1 aliphatic heterocycles. The van der Waals surface area contributed by atoms with Crippen molar-refractivity contribution >= 4 is 6.09 Å². The fraction of sp³-hybridized carbons (Fsp3) is 0.417. The minimum Gasteiger partial charge on any atom is -0.465 e. The molecule has 0 radical (unpaired) electrons. The van der Waals surface area contributed by atoms with E-state index < -0.39 is 23.3 Å². The average molecular weight is 239 g/mol. The van der Waals surface area contributed by atoms with Gasteiger partial charge in [-0.05, 0) is 37.0 Å². The van der Waals surface area contributed by atoms with Gasteiger partial charge >= 0.3 is 6.09 Å². The van der Waals surface area contributed by atoms with Crippen LogP contribution < -0.4 is 0 Å². The Bertz CT molecular complexity index is 505. The molecule has 1 aromatic rings. The molecule has 0 bridgehead atoms. The second-order valence-electron chi connectivity index (χ2n) is 4.67. The van der Waals surface area contributed by atoms with E-state index in [9.17, 15) is 13.6 Å². The molecule has 5 heteroatoms. The van der Waals surface area contributed by atoms with Crippen LogP contribution in [-0.4, -0.2) is 22.6 Å². The minimum absolute atomic E-state index is 0.134. The molecule has 90 valence electrons. The third-order valence-electron chi connectivity index (χ3n) is 3.88.